The van der Waals surface area contributed by atoms with Gasteiger partial charge >= 0.3 is 6.18 Å². The Kier molecular flexibility index (Phi) is 8.91. The number of aromatic nitrogens is 4. The van der Waals surface area contributed by atoms with E-state index < -0.39 is 11.7 Å². The quantitative estimate of drug-likeness (QED) is 0.162. The smallest absolute Gasteiger partial charge is 0.309 e. The molecule has 10 aromatic rings. The summed E-state index contributed by atoms with van der Waals surface area (Å²) in [5.74, 6) is 1.38. The molecule has 2 heterocycles. The van der Waals surface area contributed by atoms with E-state index in [4.69, 9.17) is 15.0 Å². The lowest BCUT2D eigenvalue weighted by atomic mass is 9.98. The third-order valence-corrected chi connectivity index (χ3v) is 10.7. The Labute approximate surface area is 338 Å². The molecule has 0 atom stereocenters. The van der Waals surface area contributed by atoms with Gasteiger partial charge in [0, 0.05) is 33.0 Å². The van der Waals surface area contributed by atoms with Crippen molar-refractivity contribution in [3.8, 4) is 73.2 Å². The largest absolute Gasteiger partial charge is 0.416 e. The average molecular weight is 771 g/mol. The maximum absolute atomic E-state index is 14.4. The number of fused-ring (bicyclic) bond motifs is 3. The van der Waals surface area contributed by atoms with E-state index in [0.29, 0.717) is 39.9 Å². The zero-order valence-corrected chi connectivity index (χ0v) is 31.5. The molecule has 0 aliphatic rings. The van der Waals surface area contributed by atoms with Gasteiger partial charge < -0.3 is 4.57 Å². The topological polar surface area (TPSA) is 43.6 Å². The van der Waals surface area contributed by atoms with Crippen molar-refractivity contribution >= 4 is 21.8 Å². The third-order valence-electron chi connectivity index (χ3n) is 10.7. The van der Waals surface area contributed by atoms with Crippen LogP contribution in [-0.2, 0) is 6.18 Å². The van der Waals surface area contributed by atoms with Gasteiger partial charge in [-0.2, -0.15) is 13.2 Å². The normalized spacial score (nSPS) is 11.6. The summed E-state index contributed by atoms with van der Waals surface area (Å²) < 4.78 is 45.2. The maximum atomic E-state index is 14.4. The Bertz CT molecular complexity index is 2970. The van der Waals surface area contributed by atoms with Gasteiger partial charge in [0.1, 0.15) is 0 Å². The molecular formula is C52H33F3N4. The number of hydrogen-bond donors (Lipinski definition) is 0. The highest BCUT2D eigenvalue weighted by Gasteiger charge is 2.31. The zero-order valence-electron chi connectivity index (χ0n) is 31.5. The average Bonchev–Trinajstić information content (AvgIpc) is 3.62. The van der Waals surface area contributed by atoms with E-state index in [1.54, 1.807) is 6.07 Å². The van der Waals surface area contributed by atoms with E-state index >= 15 is 0 Å². The fourth-order valence-electron chi connectivity index (χ4n) is 7.81. The van der Waals surface area contributed by atoms with E-state index in [2.05, 4.69) is 65.2 Å². The molecule has 282 valence electrons. The highest BCUT2D eigenvalue weighted by molar-refractivity contribution is 6.12. The third kappa shape index (κ3) is 6.83. The van der Waals surface area contributed by atoms with Crippen LogP contribution in [0.5, 0.6) is 0 Å². The van der Waals surface area contributed by atoms with E-state index in [-0.39, 0.29) is 0 Å². The molecule has 0 aliphatic carbocycles. The second-order valence-corrected chi connectivity index (χ2v) is 14.4. The van der Waals surface area contributed by atoms with E-state index in [1.165, 1.54) is 12.1 Å². The number of rotatable bonds is 7. The van der Waals surface area contributed by atoms with Gasteiger partial charge in [-0.1, -0.05) is 146 Å². The molecular weight excluding hydrogens is 738 g/mol. The summed E-state index contributed by atoms with van der Waals surface area (Å²) in [6.45, 7) is 0. The molecule has 0 aliphatic heterocycles. The summed E-state index contributed by atoms with van der Waals surface area (Å²) >= 11 is 0. The number of hydrogen-bond acceptors (Lipinski definition) is 3. The van der Waals surface area contributed by atoms with Crippen molar-refractivity contribution in [2.45, 2.75) is 6.18 Å². The molecule has 0 fully saturated rings. The lowest BCUT2D eigenvalue weighted by Crippen LogP contribution is -2.05. The molecule has 0 unspecified atom stereocenters. The molecule has 7 heteroatoms. The summed E-state index contributed by atoms with van der Waals surface area (Å²) in [6, 6.07) is 64.0. The fourth-order valence-corrected chi connectivity index (χ4v) is 7.81. The summed E-state index contributed by atoms with van der Waals surface area (Å²) in [5, 5.41) is 2.05. The molecule has 4 nitrogen and oxygen atoms in total. The second-order valence-electron chi connectivity index (χ2n) is 14.4. The van der Waals surface area contributed by atoms with Crippen LogP contribution < -0.4 is 0 Å². The van der Waals surface area contributed by atoms with Crippen molar-refractivity contribution in [3.63, 3.8) is 0 Å². The lowest BCUT2D eigenvalue weighted by molar-refractivity contribution is -0.137. The minimum atomic E-state index is -4.54. The van der Waals surface area contributed by atoms with Gasteiger partial charge in [0.15, 0.2) is 17.5 Å². The molecule has 0 amide bonds. The van der Waals surface area contributed by atoms with Gasteiger partial charge in [-0.25, -0.2) is 15.0 Å². The first-order chi connectivity index (χ1) is 28.9. The minimum absolute atomic E-state index is 0.403. The molecule has 0 saturated carbocycles. The predicted molar refractivity (Wildman–Crippen MR) is 232 cm³/mol. The van der Waals surface area contributed by atoms with Crippen LogP contribution in [0, 0.1) is 0 Å². The van der Waals surface area contributed by atoms with Crippen LogP contribution in [0.3, 0.4) is 0 Å². The number of halogens is 3. The highest BCUT2D eigenvalue weighted by Crippen LogP contribution is 2.42. The van der Waals surface area contributed by atoms with Gasteiger partial charge in [-0.3, -0.25) is 0 Å². The molecule has 0 bridgehead atoms. The Morgan fingerprint density at radius 1 is 0.339 bits per heavy atom. The van der Waals surface area contributed by atoms with Crippen molar-refractivity contribution in [2.75, 3.05) is 0 Å². The van der Waals surface area contributed by atoms with Crippen molar-refractivity contribution in [1.29, 1.82) is 0 Å². The highest BCUT2D eigenvalue weighted by atomic mass is 19.4. The van der Waals surface area contributed by atoms with Gasteiger partial charge in [0.2, 0.25) is 0 Å². The summed E-state index contributed by atoms with van der Waals surface area (Å²) in [7, 11) is 0. The van der Waals surface area contributed by atoms with Crippen LogP contribution in [0.4, 0.5) is 13.2 Å². The summed E-state index contributed by atoms with van der Waals surface area (Å²) in [5.41, 5.74) is 9.41. The van der Waals surface area contributed by atoms with Crippen LogP contribution in [0.25, 0.3) is 95.0 Å². The summed E-state index contributed by atoms with van der Waals surface area (Å²) in [4.78, 5) is 14.8. The standard InChI is InChI=1S/C52H33F3N4/c53-52(54,55)42-23-13-22-40(30-42)43-33-41(51-57-49(36-18-9-3-10-19-36)56-50(58-51)37-20-11-4-12-21-37)26-29-46(43)59-47-27-24-38(34-14-5-1-6-15-34)31-44(47)45-32-39(25-28-48(45)59)35-16-7-2-8-17-35/h1-33H. The van der Waals surface area contributed by atoms with Gasteiger partial charge in [-0.15, -0.1) is 0 Å². The van der Waals surface area contributed by atoms with Crippen molar-refractivity contribution in [1.82, 2.24) is 19.5 Å². The van der Waals surface area contributed by atoms with Gasteiger partial charge in [0.05, 0.1) is 22.3 Å². The molecule has 0 N–H and O–H groups in total. The van der Waals surface area contributed by atoms with Crippen LogP contribution >= 0.6 is 0 Å². The fraction of sp³-hybridized carbons (Fsp3) is 0.0192. The van der Waals surface area contributed by atoms with Crippen LogP contribution in [0.1, 0.15) is 5.56 Å². The van der Waals surface area contributed by atoms with E-state index in [0.717, 1.165) is 61.3 Å². The first-order valence-corrected chi connectivity index (χ1v) is 19.3. The van der Waals surface area contributed by atoms with Crippen molar-refractivity contribution < 1.29 is 13.2 Å². The maximum Gasteiger partial charge on any atom is 0.416 e. The molecule has 0 radical (unpaired) electrons. The second kappa shape index (κ2) is 14.7. The van der Waals surface area contributed by atoms with E-state index in [9.17, 15) is 13.2 Å². The number of nitrogens with zero attached hydrogens (tertiary/aromatic N) is 4. The first-order valence-electron chi connectivity index (χ1n) is 19.3. The Balaban J connectivity index is 1.24. The predicted octanol–water partition coefficient (Wildman–Crippen LogP) is 14.0. The Hall–Kier alpha value is -7.64. The first kappa shape index (κ1) is 35.8. The monoisotopic (exact) mass is 770 g/mol. The number of benzene rings is 8. The van der Waals surface area contributed by atoms with Crippen molar-refractivity contribution in [3.05, 3.63) is 206 Å². The number of alkyl halides is 3. The molecule has 0 saturated heterocycles. The molecule has 0 spiro atoms. The zero-order chi connectivity index (χ0) is 39.9. The minimum Gasteiger partial charge on any atom is -0.309 e. The van der Waals surface area contributed by atoms with E-state index in [1.807, 2.05) is 115 Å². The van der Waals surface area contributed by atoms with Crippen LogP contribution in [0.2, 0.25) is 0 Å². The lowest BCUT2D eigenvalue weighted by Gasteiger charge is -2.17. The summed E-state index contributed by atoms with van der Waals surface area (Å²) in [6.07, 6.45) is -4.54. The SMILES string of the molecule is FC(F)(F)c1cccc(-c2cc(-c3nc(-c4ccccc4)nc(-c4ccccc4)n3)ccc2-n2c3ccc(-c4ccccc4)cc3c3cc(-c4ccccc4)ccc32)c1. The Morgan fingerprint density at radius 3 is 1.24 bits per heavy atom. The van der Waals surface area contributed by atoms with Crippen molar-refractivity contribution in [2.24, 2.45) is 0 Å². The molecule has 2 aromatic heterocycles. The molecule has 8 aromatic carbocycles. The van der Waals surface area contributed by atoms with Crippen LogP contribution in [0.15, 0.2) is 200 Å². The molecule has 59 heavy (non-hydrogen) atoms. The van der Waals surface area contributed by atoms with Crippen LogP contribution in [-0.4, -0.2) is 19.5 Å². The molecule has 10 rings (SSSR count). The van der Waals surface area contributed by atoms with Gasteiger partial charge in [-0.05, 0) is 82.4 Å². The van der Waals surface area contributed by atoms with Gasteiger partial charge in [0.25, 0.3) is 0 Å². The Morgan fingerprint density at radius 2 is 0.763 bits per heavy atom.